The topological polar surface area (TPSA) is 30.7 Å². The second kappa shape index (κ2) is 4.55. The summed E-state index contributed by atoms with van der Waals surface area (Å²) >= 11 is 7.56. The maximum absolute atomic E-state index is 5.89. The predicted molar refractivity (Wildman–Crippen MR) is 67.2 cm³/mol. The third kappa shape index (κ3) is 2.13. The third-order valence-electron chi connectivity index (χ3n) is 2.64. The number of aryl methyl sites for hydroxylation is 2. The highest BCUT2D eigenvalue weighted by molar-refractivity contribution is 7.09. The third-order valence-corrected chi connectivity index (χ3v) is 3.73. The van der Waals surface area contributed by atoms with Crippen molar-refractivity contribution in [3.8, 4) is 0 Å². The highest BCUT2D eigenvalue weighted by atomic mass is 35.5. The Kier molecular flexibility index (Phi) is 3.30. The quantitative estimate of drug-likeness (QED) is 0.790. The van der Waals surface area contributed by atoms with Gasteiger partial charge < -0.3 is 0 Å². The fraction of sp³-hybridized carbons (Fsp3) is 0.455. The number of aromatic nitrogens is 3. The molecule has 0 atom stereocenters. The van der Waals surface area contributed by atoms with Crippen LogP contribution in [0.1, 0.15) is 27.7 Å². The molecule has 5 heteroatoms. The van der Waals surface area contributed by atoms with Crippen LogP contribution in [0.25, 0.3) is 0 Å². The maximum Gasteiger partial charge on any atom is 0.0898 e. The minimum Gasteiger partial charge on any atom is -0.263 e. The zero-order valence-corrected chi connectivity index (χ0v) is 11.2. The molecule has 0 radical (unpaired) electrons. The smallest absolute Gasteiger partial charge is 0.0898 e. The summed E-state index contributed by atoms with van der Waals surface area (Å²) in [6.45, 7) is 6.79. The van der Waals surface area contributed by atoms with Crippen LogP contribution in [0.5, 0.6) is 0 Å². The monoisotopic (exact) mass is 255 g/mol. The second-order valence-corrected chi connectivity index (χ2v) is 5.13. The van der Waals surface area contributed by atoms with E-state index >= 15 is 0 Å². The average Bonchev–Trinajstić information content (AvgIpc) is 2.74. The number of halogens is 1. The standard InChI is InChI=1S/C11H14ClN3S/c1-7-11(4-12)8(2)15(14-7)5-10-6-16-9(3)13-10/h6H,4-5H2,1-3H3. The first-order valence-electron chi connectivity index (χ1n) is 5.11. The van der Waals surface area contributed by atoms with E-state index in [1.807, 2.05) is 18.5 Å². The van der Waals surface area contributed by atoms with Crippen molar-refractivity contribution in [1.29, 1.82) is 0 Å². The van der Waals surface area contributed by atoms with Gasteiger partial charge in [-0.3, -0.25) is 4.68 Å². The Morgan fingerprint density at radius 3 is 2.62 bits per heavy atom. The first kappa shape index (κ1) is 11.6. The molecule has 0 unspecified atom stereocenters. The molecule has 0 spiro atoms. The molecule has 2 aromatic rings. The van der Waals surface area contributed by atoms with E-state index in [0.717, 1.165) is 34.2 Å². The summed E-state index contributed by atoms with van der Waals surface area (Å²) < 4.78 is 1.97. The lowest BCUT2D eigenvalue weighted by Crippen LogP contribution is -2.04. The number of rotatable bonds is 3. The van der Waals surface area contributed by atoms with Crippen molar-refractivity contribution in [3.05, 3.63) is 33.0 Å². The van der Waals surface area contributed by atoms with E-state index in [9.17, 15) is 0 Å². The van der Waals surface area contributed by atoms with Gasteiger partial charge in [-0.15, -0.1) is 22.9 Å². The number of alkyl halides is 1. The molecule has 2 heterocycles. The van der Waals surface area contributed by atoms with Crippen LogP contribution in [0, 0.1) is 20.8 Å². The van der Waals surface area contributed by atoms with Crippen molar-refractivity contribution in [2.24, 2.45) is 0 Å². The van der Waals surface area contributed by atoms with Gasteiger partial charge in [0.25, 0.3) is 0 Å². The Morgan fingerprint density at radius 2 is 2.12 bits per heavy atom. The Morgan fingerprint density at radius 1 is 1.38 bits per heavy atom. The molecule has 2 aromatic heterocycles. The SMILES string of the molecule is Cc1nc(Cn2nc(C)c(CCl)c2C)cs1. The minimum absolute atomic E-state index is 0.522. The summed E-state index contributed by atoms with van der Waals surface area (Å²) in [6, 6.07) is 0. The van der Waals surface area contributed by atoms with Crippen molar-refractivity contribution in [1.82, 2.24) is 14.8 Å². The Balaban J connectivity index is 2.28. The van der Waals surface area contributed by atoms with Crippen LogP contribution in [0.2, 0.25) is 0 Å². The Bertz CT molecular complexity index is 501. The van der Waals surface area contributed by atoms with Crippen LogP contribution in [0.4, 0.5) is 0 Å². The van der Waals surface area contributed by atoms with Crippen molar-refractivity contribution in [2.75, 3.05) is 0 Å². The molecule has 0 saturated carbocycles. The van der Waals surface area contributed by atoms with Crippen LogP contribution in [0.3, 0.4) is 0 Å². The Labute approximate surface area is 104 Å². The lowest BCUT2D eigenvalue weighted by atomic mass is 10.2. The van der Waals surface area contributed by atoms with Crippen LogP contribution in [-0.2, 0) is 12.4 Å². The molecule has 0 aliphatic carbocycles. The molecule has 0 aliphatic heterocycles. The summed E-state index contributed by atoms with van der Waals surface area (Å²) in [5.74, 6) is 0.522. The van der Waals surface area contributed by atoms with Crippen molar-refractivity contribution in [3.63, 3.8) is 0 Å². The van der Waals surface area contributed by atoms with Crippen LogP contribution < -0.4 is 0 Å². The molecule has 0 saturated heterocycles. The lowest BCUT2D eigenvalue weighted by molar-refractivity contribution is 0.648. The van der Waals surface area contributed by atoms with Gasteiger partial charge in [-0.05, 0) is 20.8 Å². The normalized spacial score (nSPS) is 11.0. The van der Waals surface area contributed by atoms with Gasteiger partial charge in [0.15, 0.2) is 0 Å². The minimum atomic E-state index is 0.522. The summed E-state index contributed by atoms with van der Waals surface area (Å²) in [6.07, 6.45) is 0. The molecule has 3 nitrogen and oxygen atoms in total. The van der Waals surface area contributed by atoms with Crippen molar-refractivity contribution < 1.29 is 0 Å². The first-order chi connectivity index (χ1) is 7.61. The van der Waals surface area contributed by atoms with E-state index in [1.54, 1.807) is 11.3 Å². The lowest BCUT2D eigenvalue weighted by Gasteiger charge is -2.01. The van der Waals surface area contributed by atoms with Gasteiger partial charge in [-0.1, -0.05) is 0 Å². The molecular formula is C11H14ClN3S. The number of hydrogen-bond acceptors (Lipinski definition) is 3. The molecule has 0 amide bonds. The summed E-state index contributed by atoms with van der Waals surface area (Å²) in [5.41, 5.74) is 4.35. The first-order valence-corrected chi connectivity index (χ1v) is 6.53. The largest absolute Gasteiger partial charge is 0.263 e. The van der Waals surface area contributed by atoms with E-state index < -0.39 is 0 Å². The molecule has 0 bridgehead atoms. The fourth-order valence-electron chi connectivity index (χ4n) is 1.72. The molecule has 0 aromatic carbocycles. The number of hydrogen-bond donors (Lipinski definition) is 0. The average molecular weight is 256 g/mol. The van der Waals surface area contributed by atoms with E-state index in [4.69, 9.17) is 11.6 Å². The zero-order valence-electron chi connectivity index (χ0n) is 9.62. The van der Waals surface area contributed by atoms with E-state index in [1.165, 1.54) is 0 Å². The van der Waals surface area contributed by atoms with Gasteiger partial charge in [-0.25, -0.2) is 4.98 Å². The zero-order chi connectivity index (χ0) is 11.7. The summed E-state index contributed by atoms with van der Waals surface area (Å²) in [4.78, 5) is 4.44. The number of thiazole rings is 1. The molecule has 86 valence electrons. The van der Waals surface area contributed by atoms with Gasteiger partial charge in [0.2, 0.25) is 0 Å². The van der Waals surface area contributed by atoms with Crippen LogP contribution >= 0.6 is 22.9 Å². The Hall–Kier alpha value is -0.870. The molecule has 16 heavy (non-hydrogen) atoms. The van der Waals surface area contributed by atoms with Crippen molar-refractivity contribution in [2.45, 2.75) is 33.2 Å². The predicted octanol–water partition coefficient (Wildman–Crippen LogP) is 3.05. The number of nitrogens with zero attached hydrogens (tertiary/aromatic N) is 3. The van der Waals surface area contributed by atoms with Crippen LogP contribution in [0.15, 0.2) is 5.38 Å². The molecule has 0 fully saturated rings. The van der Waals surface area contributed by atoms with E-state index in [0.29, 0.717) is 5.88 Å². The maximum atomic E-state index is 5.89. The van der Waals surface area contributed by atoms with E-state index in [2.05, 4.69) is 22.4 Å². The van der Waals surface area contributed by atoms with Gasteiger partial charge in [0, 0.05) is 16.6 Å². The second-order valence-electron chi connectivity index (χ2n) is 3.80. The molecule has 2 rings (SSSR count). The van der Waals surface area contributed by atoms with E-state index in [-0.39, 0.29) is 0 Å². The van der Waals surface area contributed by atoms with Gasteiger partial charge >= 0.3 is 0 Å². The van der Waals surface area contributed by atoms with Gasteiger partial charge in [0.1, 0.15) is 0 Å². The fourth-order valence-corrected chi connectivity index (χ4v) is 2.71. The molecule has 0 N–H and O–H groups in total. The molecular weight excluding hydrogens is 242 g/mol. The molecule has 0 aliphatic rings. The highest BCUT2D eigenvalue weighted by Gasteiger charge is 2.11. The summed E-state index contributed by atoms with van der Waals surface area (Å²) in [7, 11) is 0. The highest BCUT2D eigenvalue weighted by Crippen LogP contribution is 2.17. The van der Waals surface area contributed by atoms with Crippen LogP contribution in [-0.4, -0.2) is 14.8 Å². The van der Waals surface area contributed by atoms with Crippen molar-refractivity contribution >= 4 is 22.9 Å². The van der Waals surface area contributed by atoms with Gasteiger partial charge in [0.05, 0.1) is 28.8 Å². The van der Waals surface area contributed by atoms with Gasteiger partial charge in [-0.2, -0.15) is 5.10 Å². The summed E-state index contributed by atoms with van der Waals surface area (Å²) in [5, 5.41) is 7.65.